The second-order valence-corrected chi connectivity index (χ2v) is 11.9. The van der Waals surface area contributed by atoms with Gasteiger partial charge in [-0.25, -0.2) is 4.39 Å². The van der Waals surface area contributed by atoms with Crippen molar-refractivity contribution in [1.29, 1.82) is 10.5 Å². The van der Waals surface area contributed by atoms with Crippen molar-refractivity contribution in [3.05, 3.63) is 16.0 Å². The number of nitriles is 2. The maximum atomic E-state index is 14.2. The largest absolute Gasteiger partial charge is 0.462 e. The molecule has 37 heavy (non-hydrogen) atoms. The number of aryl methyl sites for hydroxylation is 1. The highest BCUT2D eigenvalue weighted by Crippen LogP contribution is 2.52. The van der Waals surface area contributed by atoms with Crippen LogP contribution in [0.4, 0.5) is 15.3 Å². The summed E-state index contributed by atoms with van der Waals surface area (Å²) in [6, 6.07) is 4.68. The number of hydrogen-bond acceptors (Lipinski definition) is 11. The van der Waals surface area contributed by atoms with Crippen LogP contribution in [0.5, 0.6) is 12.0 Å². The number of hydrogen-bond donors (Lipinski definition) is 1. The predicted octanol–water partition coefficient (Wildman–Crippen LogP) is 2.58. The lowest BCUT2D eigenvalue weighted by Gasteiger charge is -2.48. The van der Waals surface area contributed by atoms with Gasteiger partial charge in [-0.1, -0.05) is 0 Å². The van der Waals surface area contributed by atoms with Gasteiger partial charge in [0.1, 0.15) is 30.5 Å². The molecule has 2 aromatic rings. The van der Waals surface area contributed by atoms with Gasteiger partial charge in [0.2, 0.25) is 5.95 Å². The molecule has 6 rings (SSSR count). The van der Waals surface area contributed by atoms with Crippen LogP contribution in [0.1, 0.15) is 48.6 Å². The van der Waals surface area contributed by atoms with Crippen LogP contribution in [0.3, 0.4) is 0 Å². The van der Waals surface area contributed by atoms with E-state index in [4.69, 9.17) is 20.5 Å². The summed E-state index contributed by atoms with van der Waals surface area (Å²) in [5.74, 6) is 0.106. The Morgan fingerprint density at radius 1 is 1.22 bits per heavy atom. The molecule has 0 bridgehead atoms. The normalized spacial score (nSPS) is 26.3. The summed E-state index contributed by atoms with van der Waals surface area (Å²) in [4.78, 5) is 18.9. The van der Waals surface area contributed by atoms with Gasteiger partial charge in [-0.3, -0.25) is 4.90 Å². The fourth-order valence-electron chi connectivity index (χ4n) is 6.45. The molecule has 12 heteroatoms. The third-order valence-corrected chi connectivity index (χ3v) is 9.33. The summed E-state index contributed by atoms with van der Waals surface area (Å²) in [5, 5.41) is 19.4. The van der Waals surface area contributed by atoms with Gasteiger partial charge in [0.15, 0.2) is 0 Å². The van der Waals surface area contributed by atoms with Crippen LogP contribution in [0.2, 0.25) is 0 Å². The second kappa shape index (κ2) is 8.96. The monoisotopic (exact) mass is 524 g/mol. The van der Waals surface area contributed by atoms with Gasteiger partial charge in [0.25, 0.3) is 0 Å². The first-order chi connectivity index (χ1) is 17.8. The maximum Gasteiger partial charge on any atom is 0.324 e. The Kier molecular flexibility index (Phi) is 5.85. The minimum atomic E-state index is -0.845. The van der Waals surface area contributed by atoms with Gasteiger partial charge >= 0.3 is 12.0 Å². The van der Waals surface area contributed by atoms with E-state index >= 15 is 0 Å². The zero-order chi connectivity index (χ0) is 25.8. The Hall–Kier alpha value is -3.22. The highest BCUT2D eigenvalue weighted by Gasteiger charge is 2.52. The molecule has 2 aromatic heterocycles. The van der Waals surface area contributed by atoms with E-state index in [0.29, 0.717) is 49.2 Å². The first kappa shape index (κ1) is 24.1. The Labute approximate surface area is 218 Å². The van der Waals surface area contributed by atoms with Gasteiger partial charge in [0.05, 0.1) is 23.1 Å². The average molecular weight is 525 g/mol. The van der Waals surface area contributed by atoms with Gasteiger partial charge < -0.3 is 20.1 Å². The molecule has 5 heterocycles. The van der Waals surface area contributed by atoms with Crippen molar-refractivity contribution in [2.75, 3.05) is 50.0 Å². The number of nitrogens with zero attached hydrogens (tertiary/aromatic N) is 7. The molecule has 0 amide bonds. The first-order valence-electron chi connectivity index (χ1n) is 12.7. The van der Waals surface area contributed by atoms with Crippen molar-refractivity contribution >= 4 is 22.3 Å². The van der Waals surface area contributed by atoms with E-state index in [1.165, 1.54) is 16.2 Å². The molecular weight excluding hydrogens is 495 g/mol. The Morgan fingerprint density at radius 2 is 2.00 bits per heavy atom. The molecule has 2 N–H and O–H groups in total. The van der Waals surface area contributed by atoms with E-state index in [-0.39, 0.29) is 35.5 Å². The van der Waals surface area contributed by atoms with E-state index in [9.17, 15) is 9.65 Å². The van der Waals surface area contributed by atoms with Crippen LogP contribution in [0, 0.1) is 28.6 Å². The molecule has 3 aliphatic heterocycles. The molecule has 3 saturated heterocycles. The number of alkyl halides is 1. The zero-order valence-corrected chi connectivity index (χ0v) is 21.6. The van der Waals surface area contributed by atoms with Crippen LogP contribution in [0.25, 0.3) is 0 Å². The summed E-state index contributed by atoms with van der Waals surface area (Å²) in [7, 11) is 0. The predicted molar refractivity (Wildman–Crippen MR) is 134 cm³/mol. The molecule has 0 radical (unpaired) electrons. The van der Waals surface area contributed by atoms with Crippen molar-refractivity contribution in [1.82, 2.24) is 19.9 Å². The lowest BCUT2D eigenvalue weighted by atomic mass is 9.74. The first-order valence-corrected chi connectivity index (χ1v) is 13.5. The van der Waals surface area contributed by atoms with E-state index in [1.807, 2.05) is 4.90 Å². The summed E-state index contributed by atoms with van der Waals surface area (Å²) in [6.45, 7) is 4.85. The van der Waals surface area contributed by atoms with Gasteiger partial charge in [-0.2, -0.15) is 20.5 Å². The van der Waals surface area contributed by atoms with Crippen LogP contribution >= 0.6 is 11.3 Å². The maximum absolute atomic E-state index is 14.2. The number of nitrogen functional groups attached to an aromatic ring is 1. The third kappa shape index (κ3) is 4.03. The fourth-order valence-corrected chi connectivity index (χ4v) is 7.59. The molecule has 0 aromatic carbocycles. The van der Waals surface area contributed by atoms with E-state index in [1.54, 1.807) is 6.92 Å². The molecule has 1 spiro atoms. The molecule has 0 saturated carbocycles. The van der Waals surface area contributed by atoms with Crippen molar-refractivity contribution in [2.24, 2.45) is 5.92 Å². The summed E-state index contributed by atoms with van der Waals surface area (Å²) in [6.07, 6.45) is 3.39. The molecule has 4 aliphatic rings. The number of nitrogens with two attached hydrogens (primary N) is 1. The standard InChI is InChI=1S/C25H29FN8O2S/c1-15(8-27)11-35-22-30-21(31-23(32-22)36-14-25-4-2-6-34(25)10-16(26)7-25)33-12-24(13-33)5-3-18-19(24)17(9-28)20(29)37-18/h15-16H,2-7,10-14,29H2,1H3/t15?,16-,25+/m1/s1. The lowest BCUT2D eigenvalue weighted by molar-refractivity contribution is 0.106. The molecule has 1 aliphatic carbocycles. The minimum Gasteiger partial charge on any atom is -0.462 e. The number of rotatable bonds is 7. The third-order valence-electron chi connectivity index (χ3n) is 8.25. The van der Waals surface area contributed by atoms with Gasteiger partial charge in [-0.15, -0.1) is 16.3 Å². The molecule has 1 unspecified atom stereocenters. The minimum absolute atomic E-state index is 0.100. The van der Waals surface area contributed by atoms with Crippen LogP contribution < -0.4 is 20.1 Å². The van der Waals surface area contributed by atoms with E-state index in [0.717, 1.165) is 37.8 Å². The number of ether oxygens (including phenoxy) is 2. The van der Waals surface area contributed by atoms with Crippen molar-refractivity contribution < 1.29 is 13.9 Å². The Bertz CT molecular complexity index is 1300. The quantitative estimate of drug-likeness (QED) is 0.575. The Balaban J connectivity index is 1.23. The summed E-state index contributed by atoms with van der Waals surface area (Å²) < 4.78 is 26.0. The average Bonchev–Trinajstić information content (AvgIpc) is 3.58. The highest BCUT2D eigenvalue weighted by atomic mass is 32.1. The smallest absolute Gasteiger partial charge is 0.324 e. The number of halogens is 1. The molecule has 10 nitrogen and oxygen atoms in total. The van der Waals surface area contributed by atoms with Crippen molar-refractivity contribution in [3.8, 4) is 24.2 Å². The number of fused-ring (bicyclic) bond motifs is 3. The van der Waals surface area contributed by atoms with Gasteiger partial charge in [-0.05, 0) is 44.7 Å². The lowest BCUT2D eigenvalue weighted by Crippen LogP contribution is -2.59. The summed E-state index contributed by atoms with van der Waals surface area (Å²) >= 11 is 1.52. The molecule has 194 valence electrons. The number of thiophene rings is 1. The zero-order valence-electron chi connectivity index (χ0n) is 20.7. The van der Waals surface area contributed by atoms with E-state index in [2.05, 4.69) is 32.0 Å². The second-order valence-electron chi connectivity index (χ2n) is 10.8. The van der Waals surface area contributed by atoms with E-state index < -0.39 is 6.17 Å². The van der Waals surface area contributed by atoms with Crippen LogP contribution in [-0.2, 0) is 11.8 Å². The van der Waals surface area contributed by atoms with Crippen molar-refractivity contribution in [2.45, 2.75) is 56.2 Å². The molecular formula is C25H29FN8O2S. The molecule has 3 atom stereocenters. The summed E-state index contributed by atoms with van der Waals surface area (Å²) in [5.41, 5.74) is 7.34. The molecule has 3 fully saturated rings. The highest BCUT2D eigenvalue weighted by molar-refractivity contribution is 7.16. The number of aromatic nitrogens is 3. The van der Waals surface area contributed by atoms with Crippen LogP contribution in [-0.4, -0.2) is 71.0 Å². The topological polar surface area (TPSA) is 137 Å². The number of anilines is 2. The van der Waals surface area contributed by atoms with Gasteiger partial charge in [0, 0.05) is 36.3 Å². The fraction of sp³-hybridized carbons (Fsp3) is 0.640. The Morgan fingerprint density at radius 3 is 2.76 bits per heavy atom. The van der Waals surface area contributed by atoms with Crippen LogP contribution in [0.15, 0.2) is 0 Å². The SMILES string of the molecule is CC(C#N)COc1nc(OC[C@@]23CCCN2C[C@H](F)C3)nc(N2CC3(CCc4sc(N)c(C#N)c43)C2)n1. The van der Waals surface area contributed by atoms with Crippen molar-refractivity contribution in [3.63, 3.8) is 0 Å².